The lowest BCUT2D eigenvalue weighted by atomic mass is 10.1. The number of amides is 2. The third-order valence-electron chi connectivity index (χ3n) is 5.01. The van der Waals surface area contributed by atoms with Crippen molar-refractivity contribution >= 4 is 29.3 Å². The van der Waals surface area contributed by atoms with Crippen LogP contribution in [0.5, 0.6) is 0 Å². The highest BCUT2D eigenvalue weighted by Gasteiger charge is 2.17. The predicted molar refractivity (Wildman–Crippen MR) is 119 cm³/mol. The maximum Gasteiger partial charge on any atom is 0.294 e. The molecule has 1 saturated heterocycles. The molecule has 2 heterocycles. The zero-order chi connectivity index (χ0) is 20.9. The Bertz CT molecular complexity index is 1020. The molecule has 7 heteroatoms. The number of carbonyl (C=O) groups excluding carboxylic acids is 2. The van der Waals surface area contributed by atoms with Gasteiger partial charge in [-0.3, -0.25) is 9.59 Å². The Kier molecular flexibility index (Phi) is 6.18. The molecule has 0 unspecified atom stereocenters. The maximum atomic E-state index is 12.5. The minimum Gasteiger partial charge on any atom is -0.350 e. The minimum absolute atomic E-state index is 0.146. The number of aromatic nitrogens is 1. The fourth-order valence-corrected chi connectivity index (χ4v) is 4.14. The number of nitrogens with zero attached hydrogens (tertiary/aromatic N) is 2. The maximum absolute atomic E-state index is 12.5. The fraction of sp³-hybridized carbons (Fsp3) is 0.261. The zero-order valence-corrected chi connectivity index (χ0v) is 17.6. The molecule has 154 valence electrons. The summed E-state index contributed by atoms with van der Waals surface area (Å²) in [6.07, 6.45) is 0.376. The number of nitrogens with one attached hydrogen (secondary N) is 1. The van der Waals surface area contributed by atoms with Gasteiger partial charge in [-0.15, -0.1) is 0 Å². The van der Waals surface area contributed by atoms with Crippen LogP contribution >= 0.6 is 11.8 Å². The number of hydrogen-bond donors (Lipinski definition) is 1. The van der Waals surface area contributed by atoms with Crippen LogP contribution in [-0.2, 0) is 11.2 Å². The van der Waals surface area contributed by atoms with Gasteiger partial charge in [0.15, 0.2) is 0 Å². The number of thioether (sulfide) groups is 1. The van der Waals surface area contributed by atoms with E-state index in [1.807, 2.05) is 60.0 Å². The van der Waals surface area contributed by atoms with E-state index in [2.05, 4.69) is 10.5 Å². The number of aryl methyl sites for hydroxylation is 1. The zero-order valence-electron chi connectivity index (χ0n) is 16.8. The number of hydrogen-bond acceptors (Lipinski definition) is 5. The van der Waals surface area contributed by atoms with Crippen LogP contribution in [0.3, 0.4) is 0 Å². The largest absolute Gasteiger partial charge is 0.350 e. The summed E-state index contributed by atoms with van der Waals surface area (Å²) < 4.78 is 5.21. The third kappa shape index (κ3) is 4.91. The van der Waals surface area contributed by atoms with Crippen LogP contribution in [0.1, 0.15) is 21.7 Å². The average molecular weight is 422 g/mol. The Balaban J connectivity index is 1.35. The summed E-state index contributed by atoms with van der Waals surface area (Å²) in [5, 5.41) is 6.80. The van der Waals surface area contributed by atoms with Gasteiger partial charge < -0.3 is 14.7 Å². The Morgan fingerprint density at radius 3 is 2.47 bits per heavy atom. The molecule has 1 aromatic heterocycles. The van der Waals surface area contributed by atoms with Crippen molar-refractivity contribution < 1.29 is 14.1 Å². The second kappa shape index (κ2) is 9.17. The van der Waals surface area contributed by atoms with Crippen LogP contribution in [0, 0.1) is 6.92 Å². The van der Waals surface area contributed by atoms with Crippen molar-refractivity contribution in [2.75, 3.05) is 29.9 Å². The summed E-state index contributed by atoms with van der Waals surface area (Å²) in [4.78, 5) is 26.8. The summed E-state index contributed by atoms with van der Waals surface area (Å²) in [6, 6.07) is 16.8. The van der Waals surface area contributed by atoms with Crippen molar-refractivity contribution in [3.05, 3.63) is 71.5 Å². The Morgan fingerprint density at radius 1 is 1.07 bits per heavy atom. The Hall–Kier alpha value is -3.06. The summed E-state index contributed by atoms with van der Waals surface area (Å²) in [5.74, 6) is 1.94. The summed E-state index contributed by atoms with van der Waals surface area (Å²) >= 11 is 1.88. The first-order chi connectivity index (χ1) is 14.6. The molecule has 2 amide bonds. The number of anilines is 1. The molecular weight excluding hydrogens is 398 g/mol. The topological polar surface area (TPSA) is 75.4 Å². The van der Waals surface area contributed by atoms with Crippen molar-refractivity contribution in [3.8, 4) is 11.3 Å². The van der Waals surface area contributed by atoms with Crippen molar-refractivity contribution in [2.24, 2.45) is 0 Å². The lowest BCUT2D eigenvalue weighted by Gasteiger charge is -2.26. The molecule has 6 nitrogen and oxygen atoms in total. The van der Waals surface area contributed by atoms with Crippen molar-refractivity contribution in [2.45, 2.75) is 13.3 Å². The molecule has 1 aliphatic heterocycles. The average Bonchev–Trinajstić information content (AvgIpc) is 3.27. The van der Waals surface area contributed by atoms with Crippen LogP contribution in [0.15, 0.2) is 59.1 Å². The monoisotopic (exact) mass is 421 g/mol. The molecule has 1 fully saturated rings. The second-order valence-corrected chi connectivity index (χ2v) is 8.49. The Morgan fingerprint density at radius 2 is 1.77 bits per heavy atom. The number of benzene rings is 2. The fourth-order valence-electron chi connectivity index (χ4n) is 3.24. The van der Waals surface area contributed by atoms with E-state index in [1.165, 1.54) is 0 Å². The molecule has 2 aromatic carbocycles. The van der Waals surface area contributed by atoms with E-state index in [1.54, 1.807) is 18.2 Å². The van der Waals surface area contributed by atoms with Gasteiger partial charge in [0.05, 0.1) is 6.42 Å². The van der Waals surface area contributed by atoms with Crippen LogP contribution in [0.4, 0.5) is 5.69 Å². The summed E-state index contributed by atoms with van der Waals surface area (Å²) in [7, 11) is 0. The highest BCUT2D eigenvalue weighted by atomic mass is 32.2. The highest BCUT2D eigenvalue weighted by molar-refractivity contribution is 7.99. The van der Waals surface area contributed by atoms with Gasteiger partial charge in [-0.2, -0.15) is 11.8 Å². The normalized spacial score (nSPS) is 13.8. The quantitative estimate of drug-likeness (QED) is 0.673. The number of rotatable bonds is 5. The molecule has 0 saturated carbocycles. The molecule has 0 atom stereocenters. The van der Waals surface area contributed by atoms with Crippen molar-refractivity contribution in [3.63, 3.8) is 0 Å². The van der Waals surface area contributed by atoms with E-state index in [-0.39, 0.29) is 17.6 Å². The molecule has 0 aliphatic carbocycles. The van der Waals surface area contributed by atoms with E-state index in [4.69, 9.17) is 4.52 Å². The van der Waals surface area contributed by atoms with Gasteiger partial charge in [0.1, 0.15) is 5.69 Å². The molecule has 0 bridgehead atoms. The van der Waals surface area contributed by atoms with Gasteiger partial charge in [-0.25, -0.2) is 0 Å². The molecule has 0 spiro atoms. The first-order valence-corrected chi connectivity index (χ1v) is 11.0. The second-order valence-electron chi connectivity index (χ2n) is 7.26. The SMILES string of the molecule is Cc1ccc(-c2cc(C(=O)Nc3ccc(CC(=O)N4CCSCC4)cc3)on2)cc1. The standard InChI is InChI=1S/C23H23N3O3S/c1-16-2-6-18(7-3-16)20-15-21(29-25-20)23(28)24-19-8-4-17(5-9-19)14-22(27)26-10-12-30-13-11-26/h2-9,15H,10-14H2,1H3,(H,24,28). The summed E-state index contributed by atoms with van der Waals surface area (Å²) in [5.41, 5.74) is 4.23. The van der Waals surface area contributed by atoms with Gasteiger partial charge in [-0.05, 0) is 24.6 Å². The molecule has 4 rings (SSSR count). The highest BCUT2D eigenvalue weighted by Crippen LogP contribution is 2.21. The lowest BCUT2D eigenvalue weighted by molar-refractivity contribution is -0.130. The number of carbonyl (C=O) groups is 2. The van der Waals surface area contributed by atoms with Crippen molar-refractivity contribution in [1.29, 1.82) is 0 Å². The molecular formula is C23H23N3O3S. The van der Waals surface area contributed by atoms with Crippen LogP contribution in [0.2, 0.25) is 0 Å². The molecule has 0 radical (unpaired) electrons. The van der Waals surface area contributed by atoms with Gasteiger partial charge in [0.2, 0.25) is 11.7 Å². The molecule has 3 aromatic rings. The van der Waals surface area contributed by atoms with Gasteiger partial charge in [-0.1, -0.05) is 47.1 Å². The first-order valence-electron chi connectivity index (χ1n) is 9.88. The smallest absolute Gasteiger partial charge is 0.294 e. The molecule has 1 N–H and O–H groups in total. The predicted octanol–water partition coefficient (Wildman–Crippen LogP) is 4.02. The summed E-state index contributed by atoms with van der Waals surface area (Å²) in [6.45, 7) is 3.65. The molecule has 30 heavy (non-hydrogen) atoms. The van der Waals surface area contributed by atoms with E-state index in [9.17, 15) is 9.59 Å². The van der Waals surface area contributed by atoms with Crippen LogP contribution < -0.4 is 5.32 Å². The van der Waals surface area contributed by atoms with Crippen molar-refractivity contribution in [1.82, 2.24) is 10.1 Å². The van der Waals surface area contributed by atoms with Crippen LogP contribution in [-0.4, -0.2) is 46.5 Å². The van der Waals surface area contributed by atoms with E-state index >= 15 is 0 Å². The van der Waals surface area contributed by atoms with Crippen LogP contribution in [0.25, 0.3) is 11.3 Å². The molecule has 1 aliphatic rings. The first kappa shape index (κ1) is 20.2. The van der Waals surface area contributed by atoms with Gasteiger partial charge in [0.25, 0.3) is 5.91 Å². The van der Waals surface area contributed by atoms with Gasteiger partial charge >= 0.3 is 0 Å². The van der Waals surface area contributed by atoms with E-state index in [0.29, 0.717) is 17.8 Å². The van der Waals surface area contributed by atoms with Gasteiger partial charge in [0, 0.05) is 41.9 Å². The third-order valence-corrected chi connectivity index (χ3v) is 5.95. The minimum atomic E-state index is -0.365. The van der Waals surface area contributed by atoms with E-state index in [0.717, 1.165) is 41.3 Å². The Labute approximate surface area is 179 Å². The van der Waals surface area contributed by atoms with E-state index < -0.39 is 0 Å². The lowest BCUT2D eigenvalue weighted by Crippen LogP contribution is -2.38.